The Morgan fingerprint density at radius 3 is 2.18 bits per heavy atom. The molecule has 0 heterocycles. The molecule has 0 fully saturated rings. The summed E-state index contributed by atoms with van der Waals surface area (Å²) in [5.41, 5.74) is 5.28. The summed E-state index contributed by atoms with van der Waals surface area (Å²) in [4.78, 5) is 25.5. The van der Waals surface area contributed by atoms with Crippen LogP contribution in [0.15, 0.2) is 41.3 Å². The fourth-order valence-electron chi connectivity index (χ4n) is 2.79. The summed E-state index contributed by atoms with van der Waals surface area (Å²) in [7, 11) is 0. The highest BCUT2D eigenvalue weighted by Gasteiger charge is 2.15. The highest BCUT2D eigenvalue weighted by molar-refractivity contribution is 8.00. The van der Waals surface area contributed by atoms with Gasteiger partial charge in [-0.1, -0.05) is 51.1 Å². The molecule has 2 aromatic carbocycles. The number of carbonyl (C=O) groups is 2. The summed E-state index contributed by atoms with van der Waals surface area (Å²) in [6.45, 7) is 12.4. The first-order valence-electron chi connectivity index (χ1n) is 9.44. The van der Waals surface area contributed by atoms with E-state index < -0.39 is 0 Å². The molecule has 0 spiro atoms. The third-order valence-corrected chi connectivity index (χ3v) is 5.76. The van der Waals surface area contributed by atoms with E-state index in [1.807, 2.05) is 39.0 Å². The quantitative estimate of drug-likeness (QED) is 0.690. The van der Waals surface area contributed by atoms with E-state index in [-0.39, 0.29) is 29.5 Å². The Balaban J connectivity index is 1.87. The Morgan fingerprint density at radius 1 is 0.929 bits per heavy atom. The lowest BCUT2D eigenvalue weighted by molar-refractivity contribution is -0.122. The van der Waals surface area contributed by atoms with Gasteiger partial charge in [-0.05, 0) is 54.5 Å². The van der Waals surface area contributed by atoms with E-state index >= 15 is 0 Å². The zero-order valence-electron chi connectivity index (χ0n) is 17.6. The monoisotopic (exact) mass is 398 g/mol. The van der Waals surface area contributed by atoms with Crippen LogP contribution < -0.4 is 10.6 Å². The second-order valence-corrected chi connectivity index (χ2v) is 9.13. The molecule has 0 saturated carbocycles. The molecule has 4 nitrogen and oxygen atoms in total. The Morgan fingerprint density at radius 2 is 1.57 bits per heavy atom. The minimum Gasteiger partial charge on any atom is -0.346 e. The number of nitrogens with one attached hydrogen (secondary N) is 2. The first-order valence-corrected chi connectivity index (χ1v) is 10.4. The smallest absolute Gasteiger partial charge is 0.243 e. The molecule has 0 bridgehead atoms. The predicted octanol–water partition coefficient (Wildman–Crippen LogP) is 4.76. The average Bonchev–Trinajstić information content (AvgIpc) is 2.61. The Hall–Kier alpha value is -2.27. The first kappa shape index (κ1) is 22.0. The summed E-state index contributed by atoms with van der Waals surface area (Å²) >= 11 is 1.50. The van der Waals surface area contributed by atoms with Gasteiger partial charge in [0.15, 0.2) is 0 Å². The molecule has 0 aliphatic carbocycles. The number of hydrogen-bond acceptors (Lipinski definition) is 3. The van der Waals surface area contributed by atoms with Crippen molar-refractivity contribution in [3.63, 3.8) is 0 Å². The zero-order chi connectivity index (χ0) is 20.9. The van der Waals surface area contributed by atoms with Gasteiger partial charge in [-0.2, -0.15) is 0 Å². The van der Waals surface area contributed by atoms with Crippen LogP contribution in [-0.4, -0.2) is 24.1 Å². The SMILES string of the molecule is Cc1ccc(C(C)(C)C)cc1SCC(=O)NCC(=O)Nc1c(C)cccc1C. The van der Waals surface area contributed by atoms with Crippen molar-refractivity contribution in [3.8, 4) is 0 Å². The van der Waals surface area contributed by atoms with Crippen LogP contribution in [-0.2, 0) is 15.0 Å². The van der Waals surface area contributed by atoms with Gasteiger partial charge in [0.05, 0.1) is 12.3 Å². The summed E-state index contributed by atoms with van der Waals surface area (Å²) in [5.74, 6) is -0.0886. The van der Waals surface area contributed by atoms with Crippen molar-refractivity contribution in [3.05, 3.63) is 58.7 Å². The number of carbonyl (C=O) groups excluding carboxylic acids is 2. The van der Waals surface area contributed by atoms with Crippen LogP contribution in [0.3, 0.4) is 0 Å². The third kappa shape index (κ3) is 6.13. The van der Waals surface area contributed by atoms with Crippen LogP contribution in [0.25, 0.3) is 0 Å². The molecule has 2 aromatic rings. The molecule has 0 aliphatic heterocycles. The van der Waals surface area contributed by atoms with E-state index in [2.05, 4.69) is 49.6 Å². The molecule has 28 heavy (non-hydrogen) atoms. The highest BCUT2D eigenvalue weighted by Crippen LogP contribution is 2.29. The second kappa shape index (κ2) is 9.28. The van der Waals surface area contributed by atoms with Crippen molar-refractivity contribution < 1.29 is 9.59 Å². The number of hydrogen-bond donors (Lipinski definition) is 2. The van der Waals surface area contributed by atoms with Gasteiger partial charge in [-0.25, -0.2) is 0 Å². The van der Waals surface area contributed by atoms with Gasteiger partial charge >= 0.3 is 0 Å². The van der Waals surface area contributed by atoms with Crippen molar-refractivity contribution in [2.24, 2.45) is 0 Å². The number of thioether (sulfide) groups is 1. The third-order valence-electron chi connectivity index (χ3n) is 4.60. The lowest BCUT2D eigenvalue weighted by atomic mass is 9.87. The van der Waals surface area contributed by atoms with Crippen LogP contribution in [0.1, 0.15) is 43.0 Å². The standard InChI is InChI=1S/C23H30N2O2S/c1-15-10-11-18(23(4,5)6)12-19(15)28-14-21(27)24-13-20(26)25-22-16(2)8-7-9-17(22)3/h7-12H,13-14H2,1-6H3,(H,24,27)(H,25,26). The van der Waals surface area contributed by atoms with Gasteiger partial charge in [0, 0.05) is 10.6 Å². The maximum Gasteiger partial charge on any atom is 0.243 e. The summed E-state index contributed by atoms with van der Waals surface area (Å²) < 4.78 is 0. The van der Waals surface area contributed by atoms with Gasteiger partial charge < -0.3 is 10.6 Å². The van der Waals surface area contributed by atoms with Crippen LogP contribution in [0.4, 0.5) is 5.69 Å². The number of aryl methyl sites for hydroxylation is 3. The van der Waals surface area contributed by atoms with Crippen molar-refractivity contribution in [1.82, 2.24) is 5.32 Å². The summed E-state index contributed by atoms with van der Waals surface area (Å²) in [5, 5.41) is 5.58. The predicted molar refractivity (Wildman–Crippen MR) is 118 cm³/mol. The number of para-hydroxylation sites is 1. The highest BCUT2D eigenvalue weighted by atomic mass is 32.2. The van der Waals surface area contributed by atoms with Gasteiger partial charge in [0.25, 0.3) is 0 Å². The number of rotatable bonds is 6. The van der Waals surface area contributed by atoms with Crippen molar-refractivity contribution >= 4 is 29.3 Å². The van der Waals surface area contributed by atoms with Gasteiger partial charge in [-0.15, -0.1) is 11.8 Å². The zero-order valence-corrected chi connectivity index (χ0v) is 18.4. The minimum atomic E-state index is -0.221. The van der Waals surface area contributed by atoms with E-state index in [9.17, 15) is 9.59 Å². The fourth-order valence-corrected chi connectivity index (χ4v) is 3.69. The maximum absolute atomic E-state index is 12.2. The average molecular weight is 399 g/mol. The summed E-state index contributed by atoms with van der Waals surface area (Å²) in [6.07, 6.45) is 0. The van der Waals surface area contributed by atoms with E-state index in [1.54, 1.807) is 0 Å². The number of amides is 2. The summed E-state index contributed by atoms with van der Waals surface area (Å²) in [6, 6.07) is 12.2. The largest absolute Gasteiger partial charge is 0.346 e. The molecule has 2 rings (SSSR count). The first-order chi connectivity index (χ1) is 13.1. The second-order valence-electron chi connectivity index (χ2n) is 8.11. The molecular formula is C23H30N2O2S. The molecule has 0 saturated heterocycles. The molecule has 0 aromatic heterocycles. The fraction of sp³-hybridized carbons (Fsp3) is 0.391. The van der Waals surface area contributed by atoms with Crippen LogP contribution in [0, 0.1) is 20.8 Å². The Bertz CT molecular complexity index is 849. The lowest BCUT2D eigenvalue weighted by Gasteiger charge is -2.20. The van der Waals surface area contributed by atoms with Gasteiger partial charge in [0.2, 0.25) is 11.8 Å². The molecule has 0 atom stereocenters. The topological polar surface area (TPSA) is 58.2 Å². The van der Waals surface area contributed by atoms with Crippen molar-refractivity contribution in [1.29, 1.82) is 0 Å². The molecule has 150 valence electrons. The Kier molecular flexibility index (Phi) is 7.30. The lowest BCUT2D eigenvalue weighted by Crippen LogP contribution is -2.34. The minimum absolute atomic E-state index is 0.0336. The van der Waals surface area contributed by atoms with Crippen molar-refractivity contribution in [2.75, 3.05) is 17.6 Å². The number of benzene rings is 2. The molecule has 2 N–H and O–H groups in total. The van der Waals surface area contributed by atoms with Gasteiger partial charge in [0.1, 0.15) is 0 Å². The molecule has 0 radical (unpaired) electrons. The van der Waals surface area contributed by atoms with Crippen molar-refractivity contribution in [2.45, 2.75) is 51.9 Å². The molecular weight excluding hydrogens is 368 g/mol. The molecule has 5 heteroatoms. The Labute approximate surface area is 172 Å². The molecule has 0 unspecified atom stereocenters. The molecule has 2 amide bonds. The van der Waals surface area contributed by atoms with E-state index in [0.29, 0.717) is 0 Å². The molecule has 0 aliphatic rings. The van der Waals surface area contributed by atoms with E-state index in [4.69, 9.17) is 0 Å². The van der Waals surface area contributed by atoms with Crippen LogP contribution in [0.2, 0.25) is 0 Å². The number of anilines is 1. The normalized spacial score (nSPS) is 11.2. The maximum atomic E-state index is 12.2. The van der Waals surface area contributed by atoms with E-state index in [0.717, 1.165) is 27.3 Å². The van der Waals surface area contributed by atoms with E-state index in [1.165, 1.54) is 17.3 Å². The van der Waals surface area contributed by atoms with Crippen LogP contribution in [0.5, 0.6) is 0 Å². The van der Waals surface area contributed by atoms with Gasteiger partial charge in [-0.3, -0.25) is 9.59 Å². The van der Waals surface area contributed by atoms with Crippen LogP contribution >= 0.6 is 11.8 Å².